The van der Waals surface area contributed by atoms with Crippen molar-refractivity contribution < 1.29 is 33.0 Å². The number of hydrogen-bond donors (Lipinski definition) is 2. The number of urea groups is 1. The Morgan fingerprint density at radius 3 is 2.31 bits per heavy atom. The molecule has 0 atom stereocenters. The van der Waals surface area contributed by atoms with Crippen LogP contribution in [0.3, 0.4) is 0 Å². The Bertz CT molecular complexity index is 835. The molecule has 1 aliphatic heterocycles. The second-order valence-electron chi connectivity index (χ2n) is 5.40. The number of halogens is 3. The van der Waals surface area contributed by atoms with E-state index in [1.54, 1.807) is 0 Å². The summed E-state index contributed by atoms with van der Waals surface area (Å²) in [7, 11) is 0. The van der Waals surface area contributed by atoms with E-state index in [1.165, 1.54) is 6.07 Å². The molecule has 1 aliphatic rings. The molecule has 3 amide bonds. The minimum atomic E-state index is -4.89. The van der Waals surface area contributed by atoms with Gasteiger partial charge in [-0.1, -0.05) is 5.92 Å². The predicted octanol–water partition coefficient (Wildman–Crippen LogP) is 0.702. The lowest BCUT2D eigenvalue weighted by molar-refractivity contribution is -0.138. The maximum absolute atomic E-state index is 13.1. The number of carbonyl (C=O) groups excluding carboxylic acids is 2. The molecule has 1 fully saturated rings. The van der Waals surface area contributed by atoms with E-state index in [1.807, 2.05) is 0 Å². The zero-order valence-electron chi connectivity index (χ0n) is 13.1. The SMILES string of the molecule is C#CCN1C(=O)N(c2ccc(C#N)c(C(F)(F)F)c2)C(=O)C1(CO)CO. The van der Waals surface area contributed by atoms with Gasteiger partial charge in [0, 0.05) is 0 Å². The van der Waals surface area contributed by atoms with Crippen molar-refractivity contribution in [2.24, 2.45) is 0 Å². The number of hydrogen-bond acceptors (Lipinski definition) is 5. The quantitative estimate of drug-likeness (QED) is 0.602. The molecule has 0 aromatic heterocycles. The molecule has 136 valence electrons. The van der Waals surface area contributed by atoms with Crippen molar-refractivity contribution >= 4 is 17.6 Å². The highest BCUT2D eigenvalue weighted by molar-refractivity contribution is 6.23. The number of imide groups is 1. The Labute approximate surface area is 145 Å². The first-order chi connectivity index (χ1) is 12.2. The van der Waals surface area contributed by atoms with Gasteiger partial charge < -0.3 is 10.2 Å². The smallest absolute Gasteiger partial charge is 0.393 e. The lowest BCUT2D eigenvalue weighted by atomic mass is 10.00. The molecule has 0 unspecified atom stereocenters. The van der Waals surface area contributed by atoms with Crippen molar-refractivity contribution in [3.8, 4) is 18.4 Å². The van der Waals surface area contributed by atoms with Gasteiger partial charge in [-0.15, -0.1) is 6.42 Å². The summed E-state index contributed by atoms with van der Waals surface area (Å²) in [4.78, 5) is 26.3. The van der Waals surface area contributed by atoms with Gasteiger partial charge in [0.2, 0.25) is 0 Å². The zero-order valence-corrected chi connectivity index (χ0v) is 13.1. The number of amides is 3. The molecule has 2 rings (SSSR count). The molecule has 1 aromatic rings. The van der Waals surface area contributed by atoms with Gasteiger partial charge in [-0.2, -0.15) is 18.4 Å². The fourth-order valence-electron chi connectivity index (χ4n) is 2.61. The molecular formula is C16H12F3N3O4. The van der Waals surface area contributed by atoms with Crippen molar-refractivity contribution in [2.45, 2.75) is 11.7 Å². The Kier molecular flexibility index (Phi) is 4.94. The van der Waals surface area contributed by atoms with Gasteiger partial charge in [0.05, 0.1) is 42.6 Å². The van der Waals surface area contributed by atoms with Crippen molar-refractivity contribution in [1.29, 1.82) is 5.26 Å². The van der Waals surface area contributed by atoms with Gasteiger partial charge in [-0.3, -0.25) is 9.69 Å². The van der Waals surface area contributed by atoms with Crippen LogP contribution in [0.2, 0.25) is 0 Å². The zero-order chi connectivity index (χ0) is 19.7. The van der Waals surface area contributed by atoms with Crippen LogP contribution >= 0.6 is 0 Å². The first kappa shape index (κ1) is 19.2. The van der Waals surface area contributed by atoms with E-state index in [2.05, 4.69) is 5.92 Å². The Morgan fingerprint density at radius 2 is 1.85 bits per heavy atom. The van der Waals surface area contributed by atoms with Crippen LogP contribution in [0.25, 0.3) is 0 Å². The molecule has 1 saturated heterocycles. The summed E-state index contributed by atoms with van der Waals surface area (Å²) in [5.41, 5.74) is -4.56. The Morgan fingerprint density at radius 1 is 1.23 bits per heavy atom. The third-order valence-corrected chi connectivity index (χ3v) is 4.00. The van der Waals surface area contributed by atoms with Crippen LogP contribution in [-0.4, -0.2) is 52.3 Å². The minimum Gasteiger partial charge on any atom is -0.393 e. The molecule has 7 nitrogen and oxygen atoms in total. The molecule has 1 aromatic carbocycles. The summed E-state index contributed by atoms with van der Waals surface area (Å²) < 4.78 is 39.4. The second-order valence-corrected chi connectivity index (χ2v) is 5.40. The molecule has 1 heterocycles. The van der Waals surface area contributed by atoms with Crippen molar-refractivity contribution in [1.82, 2.24) is 4.90 Å². The number of alkyl halides is 3. The number of benzene rings is 1. The molecule has 2 N–H and O–H groups in total. The van der Waals surface area contributed by atoms with Gasteiger partial charge in [-0.25, -0.2) is 9.69 Å². The predicted molar refractivity (Wildman–Crippen MR) is 81.5 cm³/mol. The highest BCUT2D eigenvalue weighted by Crippen LogP contribution is 2.37. The number of anilines is 1. The average Bonchev–Trinajstić information content (AvgIpc) is 2.81. The normalized spacial score (nSPS) is 16.6. The number of rotatable bonds is 4. The standard InChI is InChI=1S/C16H12F3N3O4/c1-2-5-21-14(26)22(13(25)15(21,8-23)9-24)11-4-3-10(7-20)12(6-11)16(17,18)19/h1,3-4,6,23-24H,5,8-9H2. The molecule has 0 radical (unpaired) electrons. The fraction of sp³-hybridized carbons (Fsp3) is 0.312. The summed E-state index contributed by atoms with van der Waals surface area (Å²) in [6.45, 7) is -2.41. The van der Waals surface area contributed by atoms with Gasteiger partial charge in [0.15, 0.2) is 5.54 Å². The highest BCUT2D eigenvalue weighted by Gasteiger charge is 2.57. The number of carbonyl (C=O) groups is 2. The number of nitrogens with zero attached hydrogens (tertiary/aromatic N) is 3. The van der Waals surface area contributed by atoms with Gasteiger partial charge in [0.25, 0.3) is 5.91 Å². The van der Waals surface area contributed by atoms with Crippen LogP contribution in [0.4, 0.5) is 23.7 Å². The molecule has 0 saturated carbocycles. The molecular weight excluding hydrogens is 355 g/mol. The monoisotopic (exact) mass is 367 g/mol. The van der Waals surface area contributed by atoms with E-state index < -0.39 is 60.2 Å². The van der Waals surface area contributed by atoms with Gasteiger partial charge in [0.1, 0.15) is 0 Å². The van der Waals surface area contributed by atoms with Crippen LogP contribution < -0.4 is 4.90 Å². The minimum absolute atomic E-state index is 0.389. The molecule has 0 bridgehead atoms. The number of aliphatic hydroxyl groups is 2. The van der Waals surface area contributed by atoms with Crippen LogP contribution in [0.15, 0.2) is 18.2 Å². The number of nitriles is 1. The second kappa shape index (κ2) is 6.67. The summed E-state index contributed by atoms with van der Waals surface area (Å²) in [6.07, 6.45) is 0.236. The van der Waals surface area contributed by atoms with Gasteiger partial charge >= 0.3 is 12.2 Å². The first-order valence-corrected chi connectivity index (χ1v) is 7.10. The first-order valence-electron chi connectivity index (χ1n) is 7.10. The van der Waals surface area contributed by atoms with Crippen molar-refractivity contribution in [3.63, 3.8) is 0 Å². The average molecular weight is 367 g/mol. The van der Waals surface area contributed by atoms with E-state index in [0.717, 1.165) is 12.1 Å². The lowest BCUT2D eigenvalue weighted by Crippen LogP contribution is -2.55. The molecule has 26 heavy (non-hydrogen) atoms. The maximum atomic E-state index is 13.1. The third-order valence-electron chi connectivity index (χ3n) is 4.00. The summed E-state index contributed by atoms with van der Waals surface area (Å²) in [5, 5.41) is 27.9. The van der Waals surface area contributed by atoms with E-state index >= 15 is 0 Å². The molecule has 10 heteroatoms. The number of aliphatic hydroxyl groups excluding tert-OH is 2. The van der Waals surface area contributed by atoms with E-state index in [4.69, 9.17) is 11.7 Å². The maximum Gasteiger partial charge on any atom is 0.417 e. The largest absolute Gasteiger partial charge is 0.417 e. The highest BCUT2D eigenvalue weighted by atomic mass is 19.4. The topological polar surface area (TPSA) is 105 Å². The van der Waals surface area contributed by atoms with Crippen molar-refractivity contribution in [3.05, 3.63) is 29.3 Å². The summed E-state index contributed by atoms with van der Waals surface area (Å²) in [5.74, 6) is 0.966. The van der Waals surface area contributed by atoms with E-state index in [0.29, 0.717) is 15.9 Å². The fourth-order valence-corrected chi connectivity index (χ4v) is 2.61. The molecule has 0 aliphatic carbocycles. The van der Waals surface area contributed by atoms with Gasteiger partial charge in [-0.05, 0) is 18.2 Å². The van der Waals surface area contributed by atoms with E-state index in [-0.39, 0.29) is 0 Å². The lowest BCUT2D eigenvalue weighted by Gasteiger charge is -2.29. The Balaban J connectivity index is 2.63. The van der Waals surface area contributed by atoms with Crippen LogP contribution in [-0.2, 0) is 11.0 Å². The van der Waals surface area contributed by atoms with Crippen LogP contribution in [0, 0.1) is 23.7 Å². The summed E-state index contributed by atoms with van der Waals surface area (Å²) in [6, 6.07) is 2.59. The van der Waals surface area contributed by atoms with Crippen molar-refractivity contribution in [2.75, 3.05) is 24.7 Å². The van der Waals surface area contributed by atoms with E-state index in [9.17, 15) is 33.0 Å². The summed E-state index contributed by atoms with van der Waals surface area (Å²) >= 11 is 0. The van der Waals surface area contributed by atoms with Crippen LogP contribution in [0.1, 0.15) is 11.1 Å². The third kappa shape index (κ3) is 2.75. The molecule has 0 spiro atoms. The Hall–Kier alpha value is -3.08. The number of terminal acetylenes is 1. The van der Waals surface area contributed by atoms with Crippen LogP contribution in [0.5, 0.6) is 0 Å².